The van der Waals surface area contributed by atoms with E-state index in [4.69, 9.17) is 9.47 Å². The molecule has 1 aliphatic rings. The average Bonchev–Trinajstić information content (AvgIpc) is 3.27. The maximum absolute atomic E-state index is 6.01. The Morgan fingerprint density at radius 3 is 2.70 bits per heavy atom. The van der Waals surface area contributed by atoms with Crippen molar-refractivity contribution in [3.8, 4) is 11.5 Å². The first-order chi connectivity index (χ1) is 9.79. The van der Waals surface area contributed by atoms with E-state index in [9.17, 15) is 0 Å². The first-order valence-electron chi connectivity index (χ1n) is 7.91. The molecular formula is C17H27NO2. The lowest BCUT2D eigenvalue weighted by Gasteiger charge is -2.17. The van der Waals surface area contributed by atoms with Gasteiger partial charge in [-0.2, -0.15) is 0 Å². The molecule has 1 aliphatic carbocycles. The number of para-hydroxylation sites is 2. The number of benzene rings is 1. The monoisotopic (exact) mass is 277 g/mol. The number of hydrogen-bond acceptors (Lipinski definition) is 3. The van der Waals surface area contributed by atoms with Gasteiger partial charge in [0.1, 0.15) is 0 Å². The van der Waals surface area contributed by atoms with Gasteiger partial charge in [0.15, 0.2) is 11.5 Å². The molecule has 0 radical (unpaired) electrons. The van der Waals surface area contributed by atoms with Gasteiger partial charge in [-0.1, -0.05) is 19.1 Å². The number of ether oxygens (including phenoxy) is 2. The largest absolute Gasteiger partial charge is 0.490 e. The smallest absolute Gasteiger partial charge is 0.161 e. The van der Waals surface area contributed by atoms with Gasteiger partial charge in [-0.15, -0.1) is 0 Å². The highest BCUT2D eigenvalue weighted by atomic mass is 16.5. The van der Waals surface area contributed by atoms with Crippen molar-refractivity contribution in [3.05, 3.63) is 24.3 Å². The summed E-state index contributed by atoms with van der Waals surface area (Å²) in [6.45, 7) is 6.08. The Balaban J connectivity index is 1.72. The minimum Gasteiger partial charge on any atom is -0.490 e. The van der Waals surface area contributed by atoms with E-state index in [1.54, 1.807) is 0 Å². The Kier molecular flexibility index (Phi) is 6.19. The van der Waals surface area contributed by atoms with Crippen molar-refractivity contribution in [2.75, 3.05) is 13.2 Å². The molecule has 0 aromatic heterocycles. The van der Waals surface area contributed by atoms with Crippen molar-refractivity contribution in [2.45, 2.75) is 58.1 Å². The normalized spacial score (nSPS) is 15.9. The molecule has 1 unspecified atom stereocenters. The van der Waals surface area contributed by atoms with Crippen LogP contribution in [0.4, 0.5) is 0 Å². The van der Waals surface area contributed by atoms with Crippen LogP contribution in [0.3, 0.4) is 0 Å². The first kappa shape index (κ1) is 15.2. The first-order valence-corrected chi connectivity index (χ1v) is 7.91. The third-order valence-corrected chi connectivity index (χ3v) is 3.44. The zero-order valence-electron chi connectivity index (χ0n) is 12.7. The van der Waals surface area contributed by atoms with Crippen LogP contribution in [-0.2, 0) is 0 Å². The van der Waals surface area contributed by atoms with Crippen LogP contribution in [0.2, 0.25) is 0 Å². The second-order valence-electron chi connectivity index (χ2n) is 5.59. The Bertz CT molecular complexity index is 390. The van der Waals surface area contributed by atoms with Crippen molar-refractivity contribution >= 4 is 0 Å². The second kappa shape index (κ2) is 8.15. The van der Waals surface area contributed by atoms with Gasteiger partial charge in [-0.3, -0.25) is 0 Å². The highest BCUT2D eigenvalue weighted by molar-refractivity contribution is 5.39. The summed E-state index contributed by atoms with van der Waals surface area (Å²) in [6, 6.07) is 8.75. The molecule has 1 fully saturated rings. The third-order valence-electron chi connectivity index (χ3n) is 3.44. The Morgan fingerprint density at radius 2 is 2.00 bits per heavy atom. The summed E-state index contributed by atoms with van der Waals surface area (Å²) in [4.78, 5) is 0. The van der Waals surface area contributed by atoms with Crippen LogP contribution < -0.4 is 14.8 Å². The van der Waals surface area contributed by atoms with Gasteiger partial charge < -0.3 is 14.8 Å². The lowest BCUT2D eigenvalue weighted by Crippen LogP contribution is -2.20. The summed E-state index contributed by atoms with van der Waals surface area (Å²) in [7, 11) is 0. The topological polar surface area (TPSA) is 30.5 Å². The van der Waals surface area contributed by atoms with E-state index in [-0.39, 0.29) is 6.10 Å². The summed E-state index contributed by atoms with van der Waals surface area (Å²) in [5, 5.41) is 3.53. The maximum Gasteiger partial charge on any atom is 0.161 e. The number of nitrogens with one attached hydrogen (secondary N) is 1. The van der Waals surface area contributed by atoms with Crippen LogP contribution in [0.5, 0.6) is 11.5 Å². The minimum absolute atomic E-state index is 0.224. The van der Waals surface area contributed by atoms with Crippen LogP contribution in [0, 0.1) is 0 Å². The van der Waals surface area contributed by atoms with Crippen LogP contribution in [-0.4, -0.2) is 25.3 Å². The fourth-order valence-corrected chi connectivity index (χ4v) is 2.14. The lowest BCUT2D eigenvalue weighted by molar-refractivity contribution is 0.193. The van der Waals surface area contributed by atoms with Crippen molar-refractivity contribution in [1.29, 1.82) is 0 Å². The molecule has 20 heavy (non-hydrogen) atoms. The van der Waals surface area contributed by atoms with Crippen molar-refractivity contribution in [2.24, 2.45) is 0 Å². The van der Waals surface area contributed by atoms with E-state index >= 15 is 0 Å². The molecule has 0 saturated heterocycles. The molecule has 112 valence electrons. The molecule has 0 aliphatic heterocycles. The van der Waals surface area contributed by atoms with E-state index in [0.717, 1.165) is 50.0 Å². The summed E-state index contributed by atoms with van der Waals surface area (Å²) in [5.41, 5.74) is 0. The third kappa shape index (κ3) is 5.41. The Labute approximate surface area is 122 Å². The highest BCUT2D eigenvalue weighted by Crippen LogP contribution is 2.28. The second-order valence-corrected chi connectivity index (χ2v) is 5.59. The van der Waals surface area contributed by atoms with Gasteiger partial charge in [0, 0.05) is 6.04 Å². The van der Waals surface area contributed by atoms with Gasteiger partial charge in [0.2, 0.25) is 0 Å². The summed E-state index contributed by atoms with van der Waals surface area (Å²) >= 11 is 0. The zero-order chi connectivity index (χ0) is 14.2. The van der Waals surface area contributed by atoms with Crippen molar-refractivity contribution < 1.29 is 9.47 Å². The molecule has 0 amide bonds. The molecule has 3 nitrogen and oxygen atoms in total. The minimum atomic E-state index is 0.224. The van der Waals surface area contributed by atoms with E-state index < -0.39 is 0 Å². The maximum atomic E-state index is 6.01. The van der Waals surface area contributed by atoms with Gasteiger partial charge in [-0.05, 0) is 57.7 Å². The predicted octanol–water partition coefficient (Wildman–Crippen LogP) is 3.77. The lowest BCUT2D eigenvalue weighted by atomic mass is 10.2. The van der Waals surface area contributed by atoms with Crippen LogP contribution in [0.25, 0.3) is 0 Å². The molecule has 1 saturated carbocycles. The number of hydrogen-bond donors (Lipinski definition) is 1. The van der Waals surface area contributed by atoms with E-state index in [0.29, 0.717) is 0 Å². The summed E-state index contributed by atoms with van der Waals surface area (Å²) < 4.78 is 11.7. The summed E-state index contributed by atoms with van der Waals surface area (Å²) in [6.07, 6.45) is 6.18. The highest BCUT2D eigenvalue weighted by Gasteiger charge is 2.19. The van der Waals surface area contributed by atoms with Crippen LogP contribution in [0.15, 0.2) is 24.3 Å². The molecule has 2 rings (SSSR count). The van der Waals surface area contributed by atoms with Crippen molar-refractivity contribution in [1.82, 2.24) is 5.32 Å². The van der Waals surface area contributed by atoms with Crippen LogP contribution in [0.1, 0.15) is 46.0 Å². The van der Waals surface area contributed by atoms with Gasteiger partial charge in [-0.25, -0.2) is 0 Å². The van der Waals surface area contributed by atoms with Gasteiger partial charge in [0.25, 0.3) is 0 Å². The molecule has 1 atom stereocenters. The predicted molar refractivity (Wildman–Crippen MR) is 82.6 cm³/mol. The number of rotatable bonds is 10. The van der Waals surface area contributed by atoms with Gasteiger partial charge >= 0.3 is 0 Å². The fourth-order valence-electron chi connectivity index (χ4n) is 2.14. The van der Waals surface area contributed by atoms with Crippen molar-refractivity contribution in [3.63, 3.8) is 0 Å². The summed E-state index contributed by atoms with van der Waals surface area (Å²) in [5.74, 6) is 1.72. The molecular weight excluding hydrogens is 250 g/mol. The molecule has 1 aromatic rings. The molecule has 0 bridgehead atoms. The molecule has 3 heteroatoms. The Hall–Kier alpha value is -1.22. The molecule has 0 spiro atoms. The van der Waals surface area contributed by atoms with Gasteiger partial charge in [0.05, 0.1) is 12.7 Å². The average molecular weight is 277 g/mol. The van der Waals surface area contributed by atoms with E-state index in [2.05, 4.69) is 19.2 Å². The molecule has 0 heterocycles. The zero-order valence-corrected chi connectivity index (χ0v) is 12.7. The Morgan fingerprint density at radius 1 is 1.25 bits per heavy atom. The standard InChI is InChI=1S/C17H27NO2/c1-3-13-19-16-8-4-5-9-17(16)20-14(2)7-6-12-18-15-10-11-15/h4-5,8-9,14-15,18H,3,6-7,10-13H2,1-2H3. The molecule has 1 aromatic carbocycles. The van der Waals surface area contributed by atoms with E-state index in [1.807, 2.05) is 24.3 Å². The van der Waals surface area contributed by atoms with E-state index in [1.165, 1.54) is 12.8 Å². The SMILES string of the molecule is CCCOc1ccccc1OC(C)CCCNC1CC1. The van der Waals surface area contributed by atoms with Crippen LogP contribution >= 0.6 is 0 Å². The molecule has 1 N–H and O–H groups in total. The fraction of sp³-hybridized carbons (Fsp3) is 0.647. The quantitative estimate of drug-likeness (QED) is 0.660.